The van der Waals surface area contributed by atoms with Gasteiger partial charge in [0.05, 0.1) is 17.1 Å². The molecule has 0 saturated carbocycles. The van der Waals surface area contributed by atoms with Crippen molar-refractivity contribution in [2.75, 3.05) is 18.0 Å². The monoisotopic (exact) mass is 404 g/mol. The summed E-state index contributed by atoms with van der Waals surface area (Å²) >= 11 is 0. The van der Waals surface area contributed by atoms with E-state index in [0.717, 1.165) is 5.56 Å². The average Bonchev–Trinajstić information content (AvgIpc) is 2.61. The molecule has 7 nitrogen and oxygen atoms in total. The van der Waals surface area contributed by atoms with E-state index in [0.29, 0.717) is 24.4 Å². The molecule has 150 valence electrons. The van der Waals surface area contributed by atoms with E-state index in [4.69, 9.17) is 4.74 Å². The Bertz CT molecular complexity index is 984. The van der Waals surface area contributed by atoms with Crippen molar-refractivity contribution in [3.63, 3.8) is 0 Å². The van der Waals surface area contributed by atoms with Crippen LogP contribution in [0, 0.1) is 0 Å². The molecular weight excluding hydrogens is 380 g/mol. The first kappa shape index (κ1) is 20.2. The first-order chi connectivity index (χ1) is 13.1. The molecule has 2 aromatic rings. The third-order valence-electron chi connectivity index (χ3n) is 4.48. The lowest BCUT2D eigenvalue weighted by molar-refractivity contribution is -0.117. The summed E-state index contributed by atoms with van der Waals surface area (Å²) in [6.45, 7) is 5.75. The number of nitrogens with zero attached hydrogens (tertiary/aromatic N) is 1. The standard InChI is InChI=1S/C20H24N2O5S/c1-14(23)22-13-20(2,3)27-19-9-8-17(12-18(19)22)28(25,26)21-11-10-15-4-6-16(24)7-5-15/h4-9,12,21,24H,10-11,13H2,1-3H3. The molecule has 28 heavy (non-hydrogen) atoms. The van der Waals surface area contributed by atoms with Crippen LogP contribution >= 0.6 is 0 Å². The number of hydrogen-bond donors (Lipinski definition) is 2. The van der Waals surface area contributed by atoms with Gasteiger partial charge in [-0.2, -0.15) is 0 Å². The number of carbonyl (C=O) groups is 1. The van der Waals surface area contributed by atoms with Crippen LogP contribution in [0.25, 0.3) is 0 Å². The number of ether oxygens (including phenoxy) is 1. The Morgan fingerprint density at radius 3 is 2.54 bits per heavy atom. The van der Waals surface area contributed by atoms with Crippen molar-refractivity contribution < 1.29 is 23.1 Å². The van der Waals surface area contributed by atoms with E-state index >= 15 is 0 Å². The van der Waals surface area contributed by atoms with Crippen molar-refractivity contribution in [2.45, 2.75) is 37.7 Å². The van der Waals surface area contributed by atoms with Crippen molar-refractivity contribution in [1.82, 2.24) is 4.72 Å². The fourth-order valence-electron chi connectivity index (χ4n) is 3.11. The quantitative estimate of drug-likeness (QED) is 0.798. The maximum Gasteiger partial charge on any atom is 0.240 e. The minimum atomic E-state index is -3.74. The van der Waals surface area contributed by atoms with Crippen LogP contribution in [0.2, 0.25) is 0 Å². The molecule has 1 aliphatic rings. The number of sulfonamides is 1. The van der Waals surface area contributed by atoms with Crippen LogP contribution in [0.3, 0.4) is 0 Å². The van der Waals surface area contributed by atoms with Crippen LogP contribution < -0.4 is 14.4 Å². The zero-order valence-electron chi connectivity index (χ0n) is 16.1. The van der Waals surface area contributed by atoms with Gasteiger partial charge in [-0.25, -0.2) is 13.1 Å². The number of hydrogen-bond acceptors (Lipinski definition) is 5. The Morgan fingerprint density at radius 2 is 1.89 bits per heavy atom. The Kier molecular flexibility index (Phi) is 5.36. The molecule has 0 atom stereocenters. The SMILES string of the molecule is CC(=O)N1CC(C)(C)Oc2ccc(S(=O)(=O)NCCc3ccc(O)cc3)cc21. The number of benzene rings is 2. The highest BCUT2D eigenvalue weighted by Crippen LogP contribution is 2.38. The Balaban J connectivity index is 1.78. The van der Waals surface area contributed by atoms with Crippen LogP contribution in [-0.2, 0) is 21.2 Å². The molecule has 0 unspecified atom stereocenters. The molecule has 0 saturated heterocycles. The minimum absolute atomic E-state index is 0.0755. The number of nitrogens with one attached hydrogen (secondary N) is 1. The third kappa shape index (κ3) is 4.45. The van der Waals surface area contributed by atoms with E-state index in [1.54, 1.807) is 30.3 Å². The normalized spacial score (nSPS) is 15.6. The predicted octanol–water partition coefficient (Wildman–Crippen LogP) is 2.44. The van der Waals surface area contributed by atoms with Crippen molar-refractivity contribution >= 4 is 21.6 Å². The van der Waals surface area contributed by atoms with Crippen LogP contribution in [-0.4, -0.2) is 38.1 Å². The summed E-state index contributed by atoms with van der Waals surface area (Å²) in [5, 5.41) is 9.30. The van der Waals surface area contributed by atoms with Crippen molar-refractivity contribution in [2.24, 2.45) is 0 Å². The predicted molar refractivity (Wildman–Crippen MR) is 106 cm³/mol. The van der Waals surface area contributed by atoms with Gasteiger partial charge in [0, 0.05) is 13.5 Å². The van der Waals surface area contributed by atoms with Crippen molar-refractivity contribution in [1.29, 1.82) is 0 Å². The zero-order valence-corrected chi connectivity index (χ0v) is 16.9. The van der Waals surface area contributed by atoms with Gasteiger partial charge in [0.25, 0.3) is 0 Å². The van der Waals surface area contributed by atoms with E-state index in [9.17, 15) is 18.3 Å². The Hall–Kier alpha value is -2.58. The largest absolute Gasteiger partial charge is 0.508 e. The van der Waals surface area contributed by atoms with E-state index in [-0.39, 0.29) is 23.1 Å². The Labute approximate surface area is 165 Å². The number of anilines is 1. The second kappa shape index (κ2) is 7.44. The van der Waals surface area contributed by atoms with Gasteiger partial charge in [-0.05, 0) is 56.2 Å². The maximum absolute atomic E-state index is 12.7. The molecule has 3 rings (SSSR count). The lowest BCUT2D eigenvalue weighted by Crippen LogP contribution is -2.48. The summed E-state index contributed by atoms with van der Waals surface area (Å²) in [7, 11) is -3.74. The van der Waals surface area contributed by atoms with E-state index in [1.807, 2.05) is 13.8 Å². The molecule has 0 spiro atoms. The highest BCUT2D eigenvalue weighted by molar-refractivity contribution is 7.89. The van der Waals surface area contributed by atoms with Gasteiger partial charge in [0.15, 0.2) is 0 Å². The van der Waals surface area contributed by atoms with Gasteiger partial charge in [-0.1, -0.05) is 12.1 Å². The second-order valence-electron chi connectivity index (χ2n) is 7.41. The summed E-state index contributed by atoms with van der Waals surface area (Å²) in [4.78, 5) is 13.7. The molecule has 8 heteroatoms. The minimum Gasteiger partial charge on any atom is -0.508 e. The van der Waals surface area contributed by atoms with E-state index in [1.165, 1.54) is 24.0 Å². The Morgan fingerprint density at radius 1 is 1.21 bits per heavy atom. The molecule has 2 N–H and O–H groups in total. The summed E-state index contributed by atoms with van der Waals surface area (Å²) < 4.78 is 33.8. The molecule has 0 fully saturated rings. The number of amides is 1. The fourth-order valence-corrected chi connectivity index (χ4v) is 4.17. The molecule has 0 radical (unpaired) electrons. The van der Waals surface area contributed by atoms with Gasteiger partial charge >= 0.3 is 0 Å². The topological polar surface area (TPSA) is 95.9 Å². The van der Waals surface area contributed by atoms with Gasteiger partial charge in [-0.3, -0.25) is 4.79 Å². The average molecular weight is 404 g/mol. The smallest absolute Gasteiger partial charge is 0.240 e. The third-order valence-corrected chi connectivity index (χ3v) is 5.94. The van der Waals surface area contributed by atoms with Crippen LogP contribution in [0.1, 0.15) is 26.3 Å². The van der Waals surface area contributed by atoms with Crippen LogP contribution in [0.5, 0.6) is 11.5 Å². The number of fused-ring (bicyclic) bond motifs is 1. The van der Waals surface area contributed by atoms with Crippen molar-refractivity contribution in [3.8, 4) is 11.5 Å². The van der Waals surface area contributed by atoms with Gasteiger partial charge in [0.2, 0.25) is 15.9 Å². The number of carbonyl (C=O) groups excluding carboxylic acids is 1. The van der Waals surface area contributed by atoms with E-state index in [2.05, 4.69) is 4.72 Å². The summed E-state index contributed by atoms with van der Waals surface area (Å²) in [5.74, 6) is 0.473. The first-order valence-corrected chi connectivity index (χ1v) is 10.4. The van der Waals surface area contributed by atoms with Crippen molar-refractivity contribution in [3.05, 3.63) is 48.0 Å². The number of phenols is 1. The first-order valence-electron chi connectivity index (χ1n) is 8.96. The summed E-state index contributed by atoms with van der Waals surface area (Å²) in [6.07, 6.45) is 0.487. The molecule has 1 amide bonds. The summed E-state index contributed by atoms with van der Waals surface area (Å²) in [6, 6.07) is 11.1. The molecule has 0 bridgehead atoms. The number of rotatable bonds is 5. The molecule has 2 aromatic carbocycles. The number of aromatic hydroxyl groups is 1. The molecule has 1 aliphatic heterocycles. The van der Waals surface area contributed by atoms with Gasteiger partial charge in [-0.15, -0.1) is 0 Å². The lowest BCUT2D eigenvalue weighted by atomic mass is 10.1. The van der Waals surface area contributed by atoms with Gasteiger partial charge < -0.3 is 14.7 Å². The van der Waals surface area contributed by atoms with E-state index < -0.39 is 15.6 Å². The number of phenolic OH excluding ortho intramolecular Hbond substituents is 1. The summed E-state index contributed by atoms with van der Waals surface area (Å²) in [5.41, 5.74) is 0.805. The lowest BCUT2D eigenvalue weighted by Gasteiger charge is -2.39. The molecule has 1 heterocycles. The zero-order chi connectivity index (χ0) is 20.5. The highest BCUT2D eigenvalue weighted by Gasteiger charge is 2.34. The van der Waals surface area contributed by atoms with Crippen LogP contribution in [0.4, 0.5) is 5.69 Å². The maximum atomic E-state index is 12.7. The fraction of sp³-hybridized carbons (Fsp3) is 0.350. The molecule has 0 aliphatic carbocycles. The molecular formula is C20H24N2O5S. The second-order valence-corrected chi connectivity index (χ2v) is 9.18. The highest BCUT2D eigenvalue weighted by atomic mass is 32.2. The van der Waals surface area contributed by atoms with Crippen LogP contribution in [0.15, 0.2) is 47.4 Å². The molecule has 0 aromatic heterocycles. The van der Waals surface area contributed by atoms with Gasteiger partial charge in [0.1, 0.15) is 17.1 Å².